The summed E-state index contributed by atoms with van der Waals surface area (Å²) in [4.78, 5) is 28.1. The molecular weight excluding hydrogens is 374 g/mol. The maximum atomic E-state index is 12.5. The van der Waals surface area contributed by atoms with E-state index in [-0.39, 0.29) is 16.8 Å². The molecule has 9 heteroatoms. The Morgan fingerprint density at radius 3 is 2.54 bits per heavy atom. The highest BCUT2D eigenvalue weighted by atomic mass is 32.2. The van der Waals surface area contributed by atoms with Crippen LogP contribution in [0.1, 0.15) is 27.6 Å². The van der Waals surface area contributed by atoms with Crippen LogP contribution in [0, 0.1) is 0 Å². The second-order valence-corrected chi connectivity index (χ2v) is 8.45. The minimum atomic E-state index is -3.41. The van der Waals surface area contributed by atoms with Gasteiger partial charge in [0.15, 0.2) is 10.9 Å². The average Bonchev–Trinajstić information content (AvgIpc) is 2.94. The van der Waals surface area contributed by atoms with Crippen LogP contribution < -0.4 is 10.0 Å². The van der Waals surface area contributed by atoms with Crippen molar-refractivity contribution in [1.82, 2.24) is 4.98 Å². The topological polar surface area (TPSA) is 105 Å². The van der Waals surface area contributed by atoms with Gasteiger partial charge < -0.3 is 5.32 Å². The van der Waals surface area contributed by atoms with Crippen LogP contribution in [0.15, 0.2) is 42.5 Å². The molecule has 0 spiro atoms. The average molecular weight is 389 g/mol. The van der Waals surface area contributed by atoms with Gasteiger partial charge in [-0.25, -0.2) is 13.4 Å². The Hall–Kier alpha value is -2.78. The van der Waals surface area contributed by atoms with Crippen molar-refractivity contribution in [2.75, 3.05) is 16.3 Å². The number of aromatic nitrogens is 1. The Balaban J connectivity index is 1.84. The van der Waals surface area contributed by atoms with Crippen molar-refractivity contribution >= 4 is 54.1 Å². The van der Waals surface area contributed by atoms with Gasteiger partial charge in [-0.3, -0.25) is 14.3 Å². The second kappa shape index (κ2) is 6.85. The van der Waals surface area contributed by atoms with Crippen LogP contribution in [0.3, 0.4) is 0 Å². The van der Waals surface area contributed by atoms with Crippen LogP contribution in [0.4, 0.5) is 10.8 Å². The minimum absolute atomic E-state index is 0.0851. The van der Waals surface area contributed by atoms with Crippen LogP contribution in [0.5, 0.6) is 0 Å². The second-order valence-electron chi connectivity index (χ2n) is 5.67. The quantitative estimate of drug-likeness (QED) is 0.652. The lowest BCUT2D eigenvalue weighted by molar-refractivity contribution is 0.101. The van der Waals surface area contributed by atoms with Crippen molar-refractivity contribution in [2.45, 2.75) is 6.92 Å². The summed E-state index contributed by atoms with van der Waals surface area (Å²) in [5, 5.41) is 2.99. The SMILES string of the molecule is CC(=O)c1cccc(NC(=O)c2ccc3nc(NS(C)(=O)=O)sc3c2)c1. The summed E-state index contributed by atoms with van der Waals surface area (Å²) < 4.78 is 25.6. The molecule has 3 aromatic rings. The fraction of sp³-hybridized carbons (Fsp3) is 0.118. The molecule has 7 nitrogen and oxygen atoms in total. The smallest absolute Gasteiger partial charge is 0.255 e. The molecule has 1 amide bonds. The van der Waals surface area contributed by atoms with Gasteiger partial charge in [0, 0.05) is 16.8 Å². The Bertz CT molecular complexity index is 1120. The first-order chi connectivity index (χ1) is 12.2. The molecule has 0 aliphatic carbocycles. The molecule has 0 radical (unpaired) electrons. The number of hydrogen-bond donors (Lipinski definition) is 2. The third kappa shape index (κ3) is 4.24. The number of hydrogen-bond acceptors (Lipinski definition) is 6. The maximum Gasteiger partial charge on any atom is 0.255 e. The first-order valence-electron chi connectivity index (χ1n) is 7.52. The van der Waals surface area contributed by atoms with E-state index in [0.717, 1.165) is 17.6 Å². The summed E-state index contributed by atoms with van der Waals surface area (Å²) in [6.07, 6.45) is 1.05. The lowest BCUT2D eigenvalue weighted by Gasteiger charge is -2.06. The number of sulfonamides is 1. The third-order valence-corrected chi connectivity index (χ3v) is 5.08. The third-order valence-electron chi connectivity index (χ3n) is 3.45. The van der Waals surface area contributed by atoms with E-state index in [0.29, 0.717) is 27.0 Å². The number of Topliss-reactive ketones (excluding diaryl/α,β-unsaturated/α-hetero) is 1. The fourth-order valence-electron chi connectivity index (χ4n) is 2.29. The van der Waals surface area contributed by atoms with Gasteiger partial charge in [-0.05, 0) is 37.3 Å². The van der Waals surface area contributed by atoms with E-state index < -0.39 is 10.0 Å². The van der Waals surface area contributed by atoms with Gasteiger partial charge in [-0.2, -0.15) is 0 Å². The number of benzene rings is 2. The molecule has 0 saturated carbocycles. The molecule has 2 aromatic carbocycles. The number of ketones is 1. The molecule has 0 saturated heterocycles. The summed E-state index contributed by atoms with van der Waals surface area (Å²) >= 11 is 1.14. The van der Waals surface area contributed by atoms with Crippen molar-refractivity contribution < 1.29 is 18.0 Å². The zero-order valence-corrected chi connectivity index (χ0v) is 15.6. The molecule has 3 rings (SSSR count). The van der Waals surface area contributed by atoms with E-state index in [1.165, 1.54) is 6.92 Å². The van der Waals surface area contributed by atoms with Crippen molar-refractivity contribution in [3.05, 3.63) is 53.6 Å². The highest BCUT2D eigenvalue weighted by Gasteiger charge is 2.12. The summed E-state index contributed by atoms with van der Waals surface area (Å²) in [5.41, 5.74) is 2.03. The predicted octanol–water partition coefficient (Wildman–Crippen LogP) is 3.12. The van der Waals surface area contributed by atoms with Crippen molar-refractivity contribution in [2.24, 2.45) is 0 Å². The number of nitrogens with zero attached hydrogens (tertiary/aromatic N) is 1. The van der Waals surface area contributed by atoms with Crippen LogP contribution in [-0.4, -0.2) is 31.3 Å². The predicted molar refractivity (Wildman–Crippen MR) is 102 cm³/mol. The number of thiazole rings is 1. The van der Waals surface area contributed by atoms with E-state index in [9.17, 15) is 18.0 Å². The normalized spacial score (nSPS) is 11.3. The fourth-order valence-corrected chi connectivity index (χ4v) is 4.03. The number of rotatable bonds is 5. The molecular formula is C17H15N3O4S2. The van der Waals surface area contributed by atoms with Crippen molar-refractivity contribution in [3.63, 3.8) is 0 Å². The molecule has 134 valence electrons. The van der Waals surface area contributed by atoms with Gasteiger partial charge in [0.25, 0.3) is 5.91 Å². The molecule has 0 unspecified atom stereocenters. The standard InChI is InChI=1S/C17H15N3O4S2/c1-10(21)11-4-3-5-13(8-11)18-16(22)12-6-7-14-15(9-12)25-17(19-14)20-26(2,23)24/h3-9H,1-2H3,(H,18,22)(H,19,20). The van der Waals surface area contributed by atoms with Gasteiger partial charge in [0.05, 0.1) is 16.5 Å². The molecule has 0 bridgehead atoms. The number of fused-ring (bicyclic) bond motifs is 1. The van der Waals surface area contributed by atoms with Crippen LogP contribution in [0.2, 0.25) is 0 Å². The molecule has 2 N–H and O–H groups in total. The first kappa shape index (κ1) is 18.0. The van der Waals surface area contributed by atoms with Crippen LogP contribution in [0.25, 0.3) is 10.2 Å². The number of amides is 1. The molecule has 0 fully saturated rings. The summed E-state index contributed by atoms with van der Waals surface area (Å²) in [6, 6.07) is 11.6. The molecule has 1 aromatic heterocycles. The zero-order chi connectivity index (χ0) is 18.9. The number of nitrogens with one attached hydrogen (secondary N) is 2. The van der Waals surface area contributed by atoms with E-state index in [4.69, 9.17) is 0 Å². The first-order valence-corrected chi connectivity index (χ1v) is 10.2. The summed E-state index contributed by atoms with van der Waals surface area (Å²) in [7, 11) is -3.41. The van der Waals surface area contributed by atoms with Gasteiger partial charge in [-0.1, -0.05) is 23.5 Å². The van der Waals surface area contributed by atoms with Gasteiger partial charge >= 0.3 is 0 Å². The monoisotopic (exact) mass is 389 g/mol. The summed E-state index contributed by atoms with van der Waals surface area (Å²) in [6.45, 7) is 1.46. The van der Waals surface area contributed by atoms with Crippen molar-refractivity contribution in [1.29, 1.82) is 0 Å². The Morgan fingerprint density at radius 2 is 1.85 bits per heavy atom. The largest absolute Gasteiger partial charge is 0.322 e. The highest BCUT2D eigenvalue weighted by molar-refractivity contribution is 7.92. The number of anilines is 2. The lowest BCUT2D eigenvalue weighted by atomic mass is 10.1. The number of carbonyl (C=O) groups excluding carboxylic acids is 2. The molecule has 0 aliphatic heterocycles. The van der Waals surface area contributed by atoms with E-state index >= 15 is 0 Å². The molecule has 26 heavy (non-hydrogen) atoms. The van der Waals surface area contributed by atoms with Gasteiger partial charge in [0.1, 0.15) is 0 Å². The summed E-state index contributed by atoms with van der Waals surface area (Å²) in [5.74, 6) is -0.420. The molecule has 0 atom stereocenters. The Labute approximate surface area is 154 Å². The van der Waals surface area contributed by atoms with Gasteiger partial charge in [-0.15, -0.1) is 0 Å². The Kier molecular flexibility index (Phi) is 4.75. The van der Waals surface area contributed by atoms with E-state index in [1.54, 1.807) is 42.5 Å². The maximum absolute atomic E-state index is 12.5. The van der Waals surface area contributed by atoms with Gasteiger partial charge in [0.2, 0.25) is 10.0 Å². The van der Waals surface area contributed by atoms with Crippen LogP contribution >= 0.6 is 11.3 Å². The molecule has 0 aliphatic rings. The van der Waals surface area contributed by atoms with E-state index in [2.05, 4.69) is 15.0 Å². The number of carbonyl (C=O) groups is 2. The molecule has 1 heterocycles. The minimum Gasteiger partial charge on any atom is -0.322 e. The Morgan fingerprint density at radius 1 is 1.08 bits per heavy atom. The van der Waals surface area contributed by atoms with Crippen molar-refractivity contribution in [3.8, 4) is 0 Å². The lowest BCUT2D eigenvalue weighted by Crippen LogP contribution is -2.12. The zero-order valence-electron chi connectivity index (χ0n) is 13.9. The van der Waals surface area contributed by atoms with E-state index in [1.807, 2.05) is 0 Å². The van der Waals surface area contributed by atoms with Crippen LogP contribution in [-0.2, 0) is 10.0 Å². The highest BCUT2D eigenvalue weighted by Crippen LogP contribution is 2.27.